The van der Waals surface area contributed by atoms with E-state index in [9.17, 15) is 4.79 Å². The van der Waals surface area contributed by atoms with Gasteiger partial charge in [0.15, 0.2) is 0 Å². The standard InChI is InChI=1S/C17H22N4OS/c1-3-15-16(23-20-19-15)17(22)18-14-9-10-21(11-14)12(2)13-7-5-4-6-8-13/h4-8,12,14H,3,9-11H2,1-2H3,(H,18,22)/t12-,14-/m0/s1. The highest BCUT2D eigenvalue weighted by Gasteiger charge is 2.28. The van der Waals surface area contributed by atoms with Crippen molar-refractivity contribution >= 4 is 17.4 Å². The van der Waals surface area contributed by atoms with Gasteiger partial charge in [-0.05, 0) is 36.9 Å². The molecule has 2 aromatic rings. The lowest BCUT2D eigenvalue weighted by Gasteiger charge is -2.24. The van der Waals surface area contributed by atoms with E-state index < -0.39 is 0 Å². The maximum Gasteiger partial charge on any atom is 0.265 e. The molecule has 3 rings (SSSR count). The summed E-state index contributed by atoms with van der Waals surface area (Å²) in [6.07, 6.45) is 1.72. The number of carbonyl (C=O) groups is 1. The van der Waals surface area contributed by atoms with E-state index in [-0.39, 0.29) is 11.9 Å². The summed E-state index contributed by atoms with van der Waals surface area (Å²) in [6, 6.07) is 11.1. The fourth-order valence-electron chi connectivity index (χ4n) is 3.06. The molecule has 122 valence electrons. The number of rotatable bonds is 5. The molecule has 2 atom stereocenters. The smallest absolute Gasteiger partial charge is 0.265 e. The number of amides is 1. The summed E-state index contributed by atoms with van der Waals surface area (Å²) < 4.78 is 3.89. The zero-order valence-corrected chi connectivity index (χ0v) is 14.3. The number of benzene rings is 1. The molecule has 2 heterocycles. The van der Waals surface area contributed by atoms with E-state index in [1.165, 1.54) is 17.1 Å². The summed E-state index contributed by atoms with van der Waals surface area (Å²) in [5.74, 6) is -0.0314. The molecule has 1 aliphatic rings. The third kappa shape index (κ3) is 3.59. The maximum absolute atomic E-state index is 12.4. The number of hydrogen-bond acceptors (Lipinski definition) is 5. The number of nitrogens with one attached hydrogen (secondary N) is 1. The molecule has 0 unspecified atom stereocenters. The monoisotopic (exact) mass is 330 g/mol. The van der Waals surface area contributed by atoms with Crippen molar-refractivity contribution in [2.75, 3.05) is 13.1 Å². The van der Waals surface area contributed by atoms with Crippen LogP contribution in [0.25, 0.3) is 0 Å². The molecule has 5 nitrogen and oxygen atoms in total. The molecule has 23 heavy (non-hydrogen) atoms. The molecular formula is C17H22N4OS. The van der Waals surface area contributed by atoms with E-state index in [0.29, 0.717) is 10.9 Å². The lowest BCUT2D eigenvalue weighted by molar-refractivity contribution is 0.0939. The van der Waals surface area contributed by atoms with Crippen LogP contribution in [-0.2, 0) is 6.42 Å². The lowest BCUT2D eigenvalue weighted by atomic mass is 10.1. The van der Waals surface area contributed by atoms with Crippen LogP contribution in [0.3, 0.4) is 0 Å². The average molecular weight is 330 g/mol. The van der Waals surface area contributed by atoms with Gasteiger partial charge in [0.2, 0.25) is 0 Å². The topological polar surface area (TPSA) is 58.1 Å². The van der Waals surface area contributed by atoms with E-state index >= 15 is 0 Å². The van der Waals surface area contributed by atoms with Crippen molar-refractivity contribution in [3.8, 4) is 0 Å². The Kier molecular flexibility index (Phi) is 5.03. The normalized spacial score (nSPS) is 19.7. The molecule has 0 aliphatic carbocycles. The number of likely N-dealkylation sites (tertiary alicyclic amines) is 1. The fourth-order valence-corrected chi connectivity index (χ4v) is 3.72. The highest BCUT2D eigenvalue weighted by molar-refractivity contribution is 7.08. The summed E-state index contributed by atoms with van der Waals surface area (Å²) in [7, 11) is 0. The summed E-state index contributed by atoms with van der Waals surface area (Å²) in [6.45, 7) is 6.10. The number of aryl methyl sites for hydroxylation is 1. The van der Waals surface area contributed by atoms with Gasteiger partial charge in [-0.15, -0.1) is 5.10 Å². The molecule has 1 aromatic carbocycles. The van der Waals surface area contributed by atoms with Crippen LogP contribution in [0.5, 0.6) is 0 Å². The van der Waals surface area contributed by atoms with Gasteiger partial charge in [0, 0.05) is 25.2 Å². The number of aromatic nitrogens is 2. The van der Waals surface area contributed by atoms with Crippen LogP contribution < -0.4 is 5.32 Å². The van der Waals surface area contributed by atoms with Crippen molar-refractivity contribution in [3.05, 3.63) is 46.5 Å². The van der Waals surface area contributed by atoms with Gasteiger partial charge in [-0.3, -0.25) is 9.69 Å². The predicted molar refractivity (Wildman–Crippen MR) is 91.6 cm³/mol. The molecule has 0 radical (unpaired) electrons. The first-order valence-corrected chi connectivity index (χ1v) is 8.87. The summed E-state index contributed by atoms with van der Waals surface area (Å²) in [5, 5.41) is 7.15. The highest BCUT2D eigenvalue weighted by atomic mass is 32.1. The number of carbonyl (C=O) groups excluding carboxylic acids is 1. The van der Waals surface area contributed by atoms with Crippen molar-refractivity contribution in [3.63, 3.8) is 0 Å². The van der Waals surface area contributed by atoms with Gasteiger partial charge < -0.3 is 5.32 Å². The Morgan fingerprint density at radius 1 is 1.43 bits per heavy atom. The summed E-state index contributed by atoms with van der Waals surface area (Å²) in [4.78, 5) is 15.5. The molecular weight excluding hydrogens is 308 g/mol. The summed E-state index contributed by atoms with van der Waals surface area (Å²) in [5.41, 5.74) is 2.11. The Balaban J connectivity index is 1.59. The Labute approximate surface area is 140 Å². The van der Waals surface area contributed by atoms with Crippen LogP contribution in [0, 0.1) is 0 Å². The molecule has 6 heteroatoms. The minimum Gasteiger partial charge on any atom is -0.347 e. The van der Waals surface area contributed by atoms with Crippen molar-refractivity contribution in [1.29, 1.82) is 0 Å². The van der Waals surface area contributed by atoms with Crippen molar-refractivity contribution in [2.45, 2.75) is 38.8 Å². The van der Waals surface area contributed by atoms with E-state index in [0.717, 1.165) is 31.6 Å². The van der Waals surface area contributed by atoms with E-state index in [1.54, 1.807) is 0 Å². The Hall–Kier alpha value is -1.79. The zero-order valence-electron chi connectivity index (χ0n) is 13.5. The molecule has 1 aromatic heterocycles. The zero-order chi connectivity index (χ0) is 16.2. The van der Waals surface area contributed by atoms with Gasteiger partial charge in [0.25, 0.3) is 5.91 Å². The second kappa shape index (κ2) is 7.19. The Morgan fingerprint density at radius 3 is 2.96 bits per heavy atom. The van der Waals surface area contributed by atoms with Crippen molar-refractivity contribution in [2.24, 2.45) is 0 Å². The first kappa shape index (κ1) is 16.1. The molecule has 0 bridgehead atoms. The average Bonchev–Trinajstić information content (AvgIpc) is 3.23. The van der Waals surface area contributed by atoms with Crippen LogP contribution in [0.1, 0.15) is 47.2 Å². The van der Waals surface area contributed by atoms with Gasteiger partial charge in [0.05, 0.1) is 5.69 Å². The second-order valence-electron chi connectivity index (χ2n) is 5.94. The Bertz CT molecular complexity index is 658. The Morgan fingerprint density at radius 2 is 2.22 bits per heavy atom. The number of nitrogens with zero attached hydrogens (tertiary/aromatic N) is 3. The third-order valence-electron chi connectivity index (χ3n) is 4.48. The van der Waals surface area contributed by atoms with Gasteiger partial charge in [0.1, 0.15) is 4.88 Å². The first-order valence-electron chi connectivity index (χ1n) is 8.10. The van der Waals surface area contributed by atoms with Crippen molar-refractivity contribution in [1.82, 2.24) is 19.8 Å². The molecule has 1 saturated heterocycles. The molecule has 1 amide bonds. The number of hydrogen-bond donors (Lipinski definition) is 1. The third-order valence-corrected chi connectivity index (χ3v) is 5.25. The maximum atomic E-state index is 12.4. The highest BCUT2D eigenvalue weighted by Crippen LogP contribution is 2.24. The second-order valence-corrected chi connectivity index (χ2v) is 6.70. The van der Waals surface area contributed by atoms with Crippen LogP contribution in [-0.4, -0.2) is 39.5 Å². The van der Waals surface area contributed by atoms with E-state index in [1.807, 2.05) is 13.0 Å². The van der Waals surface area contributed by atoms with E-state index in [2.05, 4.69) is 51.0 Å². The fraction of sp³-hybridized carbons (Fsp3) is 0.471. The molecule has 0 spiro atoms. The van der Waals surface area contributed by atoms with Crippen LogP contribution >= 0.6 is 11.5 Å². The van der Waals surface area contributed by atoms with E-state index in [4.69, 9.17) is 0 Å². The molecule has 1 N–H and O–H groups in total. The minimum absolute atomic E-state index is 0.0314. The van der Waals surface area contributed by atoms with Crippen molar-refractivity contribution < 1.29 is 4.79 Å². The van der Waals surface area contributed by atoms with Gasteiger partial charge in [-0.1, -0.05) is 41.7 Å². The van der Waals surface area contributed by atoms with Crippen LogP contribution in [0.4, 0.5) is 0 Å². The molecule has 0 saturated carbocycles. The largest absolute Gasteiger partial charge is 0.347 e. The first-order chi connectivity index (χ1) is 11.2. The predicted octanol–water partition coefficient (Wildman–Crippen LogP) is 2.67. The minimum atomic E-state index is -0.0314. The lowest BCUT2D eigenvalue weighted by Crippen LogP contribution is -2.37. The quantitative estimate of drug-likeness (QED) is 0.916. The SMILES string of the molecule is CCc1nnsc1C(=O)N[C@H]1CCN([C@@H](C)c2ccccc2)C1. The van der Waals surface area contributed by atoms with Crippen LogP contribution in [0.2, 0.25) is 0 Å². The summed E-state index contributed by atoms with van der Waals surface area (Å²) >= 11 is 1.18. The van der Waals surface area contributed by atoms with Gasteiger partial charge in [-0.25, -0.2) is 0 Å². The van der Waals surface area contributed by atoms with Gasteiger partial charge >= 0.3 is 0 Å². The molecule has 1 fully saturated rings. The van der Waals surface area contributed by atoms with Gasteiger partial charge in [-0.2, -0.15) is 0 Å². The van der Waals surface area contributed by atoms with Crippen LogP contribution in [0.15, 0.2) is 30.3 Å². The molecule has 1 aliphatic heterocycles.